The van der Waals surface area contributed by atoms with Gasteiger partial charge >= 0.3 is 0 Å². The average molecular weight is 321 g/mol. The Morgan fingerprint density at radius 3 is 2.53 bits per heavy atom. The van der Waals surface area contributed by atoms with Gasteiger partial charge in [-0.1, -0.05) is 34.8 Å². The monoisotopic (exact) mass is 319 g/mol. The lowest BCUT2D eigenvalue weighted by molar-refractivity contribution is 0.409. The Bertz CT molecular complexity index is 391. The molecule has 0 bridgehead atoms. The van der Waals surface area contributed by atoms with E-state index in [2.05, 4.69) is 15.9 Å². The minimum absolute atomic E-state index is 0. The Morgan fingerprint density at radius 2 is 1.94 bits per heavy atom. The van der Waals surface area contributed by atoms with E-state index in [4.69, 9.17) is 5.73 Å². The number of aromatic hydroxyl groups is 1. The average Bonchev–Trinajstić information content (AvgIpc) is 2.77. The predicted molar refractivity (Wildman–Crippen MR) is 76.7 cm³/mol. The van der Waals surface area contributed by atoms with Gasteiger partial charge in [0.1, 0.15) is 5.75 Å². The molecule has 1 aliphatic carbocycles. The smallest absolute Gasteiger partial charge is 0.124 e. The molecule has 0 unspecified atom stereocenters. The highest BCUT2D eigenvalue weighted by Crippen LogP contribution is 2.41. The summed E-state index contributed by atoms with van der Waals surface area (Å²) in [5.74, 6) is 0.873. The van der Waals surface area contributed by atoms with Crippen molar-refractivity contribution in [3.05, 3.63) is 27.7 Å². The number of hydrogen-bond acceptors (Lipinski definition) is 2. The van der Waals surface area contributed by atoms with Crippen molar-refractivity contribution in [3.8, 4) is 5.75 Å². The van der Waals surface area contributed by atoms with Crippen molar-refractivity contribution in [1.29, 1.82) is 0 Å². The lowest BCUT2D eigenvalue weighted by Gasteiger charge is -2.22. The van der Waals surface area contributed by atoms with Crippen LogP contribution in [0.4, 0.5) is 0 Å². The summed E-state index contributed by atoms with van der Waals surface area (Å²) >= 11 is 3.49. The Balaban J connectivity index is 0.00000144. The summed E-state index contributed by atoms with van der Waals surface area (Å²) in [6.45, 7) is 1.91. The van der Waals surface area contributed by atoms with Crippen LogP contribution in [0.3, 0.4) is 0 Å². The van der Waals surface area contributed by atoms with Crippen molar-refractivity contribution in [3.63, 3.8) is 0 Å². The molecule has 1 aromatic rings. The Labute approximate surface area is 117 Å². The van der Waals surface area contributed by atoms with E-state index in [0.717, 1.165) is 15.6 Å². The first-order valence-corrected chi connectivity index (χ1v) is 6.64. The number of rotatable bonds is 2. The molecular formula is C13H19BrClNO. The highest BCUT2D eigenvalue weighted by atomic mass is 79.9. The summed E-state index contributed by atoms with van der Waals surface area (Å²) in [5.41, 5.74) is 8.06. The van der Waals surface area contributed by atoms with E-state index in [1.807, 2.05) is 19.1 Å². The molecule has 0 aromatic heterocycles. The van der Waals surface area contributed by atoms with E-state index in [9.17, 15) is 5.11 Å². The van der Waals surface area contributed by atoms with E-state index in [1.165, 1.54) is 25.7 Å². The summed E-state index contributed by atoms with van der Waals surface area (Å²) in [6, 6.07) is 3.83. The van der Waals surface area contributed by atoms with Gasteiger partial charge in [-0.2, -0.15) is 0 Å². The van der Waals surface area contributed by atoms with E-state index in [-0.39, 0.29) is 18.4 Å². The van der Waals surface area contributed by atoms with Crippen molar-refractivity contribution in [2.75, 3.05) is 0 Å². The third-order valence-corrected chi connectivity index (χ3v) is 4.30. The molecule has 0 saturated heterocycles. The lowest BCUT2D eigenvalue weighted by Crippen LogP contribution is -2.20. The molecule has 4 heteroatoms. The molecule has 0 heterocycles. The maximum absolute atomic E-state index is 10.1. The van der Waals surface area contributed by atoms with Gasteiger partial charge in [0.15, 0.2) is 0 Å². The molecule has 1 atom stereocenters. The third kappa shape index (κ3) is 2.95. The van der Waals surface area contributed by atoms with Crippen LogP contribution in [0.2, 0.25) is 0 Å². The van der Waals surface area contributed by atoms with Crippen LogP contribution in [0.15, 0.2) is 16.6 Å². The number of halogens is 2. The molecule has 0 aliphatic heterocycles. The Kier molecular flexibility index (Phi) is 5.29. The fourth-order valence-corrected chi connectivity index (χ4v) is 3.15. The second-order valence-corrected chi connectivity index (χ2v) is 5.55. The Hall–Kier alpha value is -0.250. The van der Waals surface area contributed by atoms with Crippen molar-refractivity contribution in [1.82, 2.24) is 0 Å². The first-order valence-electron chi connectivity index (χ1n) is 5.85. The zero-order chi connectivity index (χ0) is 11.7. The van der Waals surface area contributed by atoms with Crippen molar-refractivity contribution in [2.24, 2.45) is 11.7 Å². The van der Waals surface area contributed by atoms with E-state index >= 15 is 0 Å². The topological polar surface area (TPSA) is 46.2 Å². The second-order valence-electron chi connectivity index (χ2n) is 4.70. The van der Waals surface area contributed by atoms with E-state index < -0.39 is 0 Å². The SMILES string of the molecule is Cc1ccc(Br)c([C@H](N)C2CCCC2)c1O.Cl. The first kappa shape index (κ1) is 14.8. The largest absolute Gasteiger partial charge is 0.507 e. The minimum Gasteiger partial charge on any atom is -0.507 e. The van der Waals surface area contributed by atoms with Crippen LogP contribution < -0.4 is 5.73 Å². The number of phenolic OH excluding ortho intramolecular Hbond substituents is 1. The molecule has 1 aromatic carbocycles. The summed E-state index contributed by atoms with van der Waals surface area (Å²) in [4.78, 5) is 0. The molecule has 2 nitrogen and oxygen atoms in total. The van der Waals surface area contributed by atoms with Crippen molar-refractivity contribution in [2.45, 2.75) is 38.6 Å². The Morgan fingerprint density at radius 1 is 1.35 bits per heavy atom. The van der Waals surface area contributed by atoms with Gasteiger partial charge in [0.05, 0.1) is 0 Å². The molecule has 0 amide bonds. The molecule has 0 spiro atoms. The van der Waals surface area contributed by atoms with Crippen molar-refractivity contribution < 1.29 is 5.11 Å². The van der Waals surface area contributed by atoms with E-state index in [1.54, 1.807) is 0 Å². The molecule has 0 radical (unpaired) electrons. The standard InChI is InChI=1S/C13H18BrNO.ClH/c1-8-6-7-10(14)11(13(8)16)12(15)9-4-2-3-5-9;/h6-7,9,12,16H,2-5,15H2,1H3;1H/t12-;/m1./s1. The zero-order valence-corrected chi connectivity index (χ0v) is 12.4. The van der Waals surface area contributed by atoms with Crippen LogP contribution in [0, 0.1) is 12.8 Å². The maximum Gasteiger partial charge on any atom is 0.124 e. The van der Waals surface area contributed by atoms with E-state index in [0.29, 0.717) is 11.7 Å². The van der Waals surface area contributed by atoms with Gasteiger partial charge in [-0.3, -0.25) is 0 Å². The summed E-state index contributed by atoms with van der Waals surface area (Å²) < 4.78 is 0.926. The molecule has 1 aliphatic rings. The van der Waals surface area contributed by atoms with Gasteiger partial charge in [-0.15, -0.1) is 12.4 Å². The molecule has 17 heavy (non-hydrogen) atoms. The van der Waals surface area contributed by atoms with Gasteiger partial charge in [-0.05, 0) is 37.3 Å². The summed E-state index contributed by atoms with van der Waals surface area (Å²) in [6.07, 6.45) is 4.90. The summed E-state index contributed by atoms with van der Waals surface area (Å²) in [7, 11) is 0. The van der Waals surface area contributed by atoms with Crippen LogP contribution in [0.1, 0.15) is 42.9 Å². The molecule has 2 rings (SSSR count). The first-order chi connectivity index (χ1) is 7.61. The van der Waals surface area contributed by atoms with Gasteiger partial charge in [0, 0.05) is 16.1 Å². The van der Waals surface area contributed by atoms with Crippen LogP contribution in [0.5, 0.6) is 5.75 Å². The van der Waals surface area contributed by atoms with Crippen LogP contribution in [-0.2, 0) is 0 Å². The van der Waals surface area contributed by atoms with Gasteiger partial charge < -0.3 is 10.8 Å². The number of hydrogen-bond donors (Lipinski definition) is 2. The molecule has 1 fully saturated rings. The van der Waals surface area contributed by atoms with Gasteiger partial charge in [-0.25, -0.2) is 0 Å². The molecular weight excluding hydrogens is 302 g/mol. The second kappa shape index (κ2) is 6.07. The zero-order valence-electron chi connectivity index (χ0n) is 9.95. The predicted octanol–water partition coefficient (Wildman–Crippen LogP) is 4.07. The summed E-state index contributed by atoms with van der Waals surface area (Å²) in [5, 5.41) is 10.1. The normalized spacial score (nSPS) is 17.8. The number of benzene rings is 1. The van der Waals surface area contributed by atoms with Crippen LogP contribution >= 0.6 is 28.3 Å². The number of nitrogens with two attached hydrogens (primary N) is 1. The van der Waals surface area contributed by atoms with Gasteiger partial charge in [0.25, 0.3) is 0 Å². The minimum atomic E-state index is -0.0447. The lowest BCUT2D eigenvalue weighted by atomic mass is 9.91. The molecule has 96 valence electrons. The fourth-order valence-electron chi connectivity index (χ4n) is 2.56. The quantitative estimate of drug-likeness (QED) is 0.862. The third-order valence-electron chi connectivity index (χ3n) is 3.61. The highest BCUT2D eigenvalue weighted by molar-refractivity contribution is 9.10. The van der Waals surface area contributed by atoms with Crippen LogP contribution in [-0.4, -0.2) is 5.11 Å². The number of phenols is 1. The van der Waals surface area contributed by atoms with Crippen LogP contribution in [0.25, 0.3) is 0 Å². The van der Waals surface area contributed by atoms with Crippen molar-refractivity contribution >= 4 is 28.3 Å². The molecule has 1 saturated carbocycles. The maximum atomic E-state index is 10.1. The van der Waals surface area contributed by atoms with Gasteiger partial charge in [0.2, 0.25) is 0 Å². The molecule has 3 N–H and O–H groups in total. The number of aryl methyl sites for hydroxylation is 1. The fraction of sp³-hybridized carbons (Fsp3) is 0.538. The highest BCUT2D eigenvalue weighted by Gasteiger charge is 2.27.